The molecule has 0 radical (unpaired) electrons. The lowest BCUT2D eigenvalue weighted by Gasteiger charge is -2.12. The summed E-state index contributed by atoms with van der Waals surface area (Å²) in [6.45, 7) is 5.19. The number of anilines is 1. The van der Waals surface area contributed by atoms with Gasteiger partial charge in [-0.15, -0.1) is 0 Å². The molecule has 0 aromatic heterocycles. The van der Waals surface area contributed by atoms with E-state index in [1.54, 1.807) is 18.2 Å². The second-order valence-electron chi connectivity index (χ2n) is 5.90. The quantitative estimate of drug-likeness (QED) is 0.765. The Hall–Kier alpha value is -3.35. The van der Waals surface area contributed by atoms with Gasteiger partial charge in [0.1, 0.15) is 5.75 Å². The van der Waals surface area contributed by atoms with Crippen LogP contribution in [0.15, 0.2) is 36.4 Å². The number of aryl methyl sites for hydroxylation is 2. The predicted octanol–water partition coefficient (Wildman–Crippen LogP) is 2.44. The summed E-state index contributed by atoms with van der Waals surface area (Å²) in [5, 5.41) is 4.80. The Balaban J connectivity index is 1.95. The van der Waals surface area contributed by atoms with Gasteiger partial charge in [0.15, 0.2) is 6.61 Å². The van der Waals surface area contributed by atoms with Crippen LogP contribution in [0.2, 0.25) is 0 Å². The second kappa shape index (κ2) is 8.15. The molecule has 0 unspecified atom stereocenters. The number of imide groups is 1. The number of urea groups is 1. The largest absolute Gasteiger partial charge is 0.483 e. The lowest BCUT2D eigenvalue weighted by Crippen LogP contribution is -2.37. The lowest BCUT2D eigenvalue weighted by atomic mass is 10.1. The van der Waals surface area contributed by atoms with Crippen LogP contribution >= 0.6 is 0 Å². The molecular weight excluding hydrogens is 334 g/mol. The number of amides is 4. The van der Waals surface area contributed by atoms with Crippen LogP contribution in [-0.2, 0) is 4.79 Å². The highest BCUT2D eigenvalue weighted by Gasteiger charge is 2.14. The van der Waals surface area contributed by atoms with Crippen molar-refractivity contribution in [1.29, 1.82) is 0 Å². The van der Waals surface area contributed by atoms with Gasteiger partial charge in [-0.2, -0.15) is 0 Å². The summed E-state index contributed by atoms with van der Waals surface area (Å²) < 4.78 is 5.34. The Morgan fingerprint density at radius 1 is 1.08 bits per heavy atom. The molecule has 0 heterocycles. The number of rotatable bonds is 5. The van der Waals surface area contributed by atoms with Crippen LogP contribution in [0.3, 0.4) is 0 Å². The third-order valence-electron chi connectivity index (χ3n) is 3.87. The molecule has 0 spiro atoms. The fourth-order valence-electron chi connectivity index (χ4n) is 2.30. The summed E-state index contributed by atoms with van der Waals surface area (Å²) >= 11 is 0. The van der Waals surface area contributed by atoms with E-state index in [1.807, 2.05) is 32.9 Å². The molecule has 0 aliphatic heterocycles. The number of nitrogens with two attached hydrogens (primary N) is 1. The molecule has 7 nitrogen and oxygen atoms in total. The van der Waals surface area contributed by atoms with Gasteiger partial charge in [-0.05, 0) is 55.7 Å². The first-order chi connectivity index (χ1) is 12.3. The third-order valence-corrected chi connectivity index (χ3v) is 3.87. The highest BCUT2D eigenvalue weighted by atomic mass is 16.5. The van der Waals surface area contributed by atoms with Crippen LogP contribution < -0.4 is 21.1 Å². The van der Waals surface area contributed by atoms with Gasteiger partial charge in [-0.25, -0.2) is 4.79 Å². The van der Waals surface area contributed by atoms with E-state index >= 15 is 0 Å². The van der Waals surface area contributed by atoms with Crippen molar-refractivity contribution >= 4 is 23.5 Å². The van der Waals surface area contributed by atoms with E-state index in [9.17, 15) is 14.4 Å². The molecule has 0 atom stereocenters. The van der Waals surface area contributed by atoms with Crippen molar-refractivity contribution in [2.24, 2.45) is 5.73 Å². The lowest BCUT2D eigenvalue weighted by molar-refractivity contribution is -0.121. The van der Waals surface area contributed by atoms with Gasteiger partial charge in [-0.1, -0.05) is 18.2 Å². The first kappa shape index (κ1) is 19.0. The van der Waals surface area contributed by atoms with Gasteiger partial charge in [-0.3, -0.25) is 14.9 Å². The summed E-state index contributed by atoms with van der Waals surface area (Å²) in [5.74, 6) is -1.11. The van der Waals surface area contributed by atoms with Gasteiger partial charge in [0.25, 0.3) is 11.8 Å². The van der Waals surface area contributed by atoms with Crippen molar-refractivity contribution in [2.75, 3.05) is 11.9 Å². The van der Waals surface area contributed by atoms with Crippen molar-refractivity contribution in [3.8, 4) is 5.75 Å². The maximum atomic E-state index is 12.0. The second-order valence-corrected chi connectivity index (χ2v) is 5.90. The fraction of sp³-hybridized carbons (Fsp3) is 0.211. The van der Waals surface area contributed by atoms with E-state index in [0.717, 1.165) is 16.7 Å². The summed E-state index contributed by atoms with van der Waals surface area (Å²) in [6.07, 6.45) is 0. The van der Waals surface area contributed by atoms with Crippen LogP contribution in [0.25, 0.3) is 0 Å². The molecule has 0 saturated heterocycles. The minimum absolute atomic E-state index is 0.170. The summed E-state index contributed by atoms with van der Waals surface area (Å²) in [7, 11) is 0. The number of carbonyl (C=O) groups is 3. The van der Waals surface area contributed by atoms with E-state index in [2.05, 4.69) is 10.6 Å². The van der Waals surface area contributed by atoms with Crippen molar-refractivity contribution in [3.63, 3.8) is 0 Å². The fourth-order valence-corrected chi connectivity index (χ4v) is 2.30. The third kappa shape index (κ3) is 4.83. The van der Waals surface area contributed by atoms with Gasteiger partial charge < -0.3 is 15.8 Å². The van der Waals surface area contributed by atoms with E-state index < -0.39 is 24.5 Å². The molecule has 2 aromatic rings. The number of ether oxygens (including phenoxy) is 1. The Labute approximate surface area is 151 Å². The Kier molecular flexibility index (Phi) is 5.95. The van der Waals surface area contributed by atoms with Gasteiger partial charge in [0.2, 0.25) is 0 Å². The van der Waals surface area contributed by atoms with Gasteiger partial charge in [0.05, 0.1) is 5.56 Å². The van der Waals surface area contributed by atoms with E-state index in [-0.39, 0.29) is 11.3 Å². The van der Waals surface area contributed by atoms with Crippen molar-refractivity contribution in [1.82, 2.24) is 5.32 Å². The smallest absolute Gasteiger partial charge is 0.325 e. The molecule has 0 saturated carbocycles. The molecule has 2 rings (SSSR count). The van der Waals surface area contributed by atoms with Crippen molar-refractivity contribution < 1.29 is 19.1 Å². The SMILES string of the molecule is Cc1ccc(C(N)=O)c(OCC(=O)NC(=O)Nc2cccc(C)c2C)c1. The molecule has 0 aliphatic carbocycles. The van der Waals surface area contributed by atoms with Crippen LogP contribution in [0.1, 0.15) is 27.0 Å². The molecule has 7 heteroatoms. The number of nitrogens with one attached hydrogen (secondary N) is 2. The monoisotopic (exact) mass is 355 g/mol. The summed E-state index contributed by atoms with van der Waals surface area (Å²) in [4.78, 5) is 35.3. The minimum atomic E-state index is -0.660. The van der Waals surface area contributed by atoms with E-state index in [1.165, 1.54) is 6.07 Å². The molecule has 0 bridgehead atoms. The Morgan fingerprint density at radius 2 is 1.81 bits per heavy atom. The predicted molar refractivity (Wildman–Crippen MR) is 98.3 cm³/mol. The Bertz CT molecular complexity index is 862. The number of benzene rings is 2. The van der Waals surface area contributed by atoms with E-state index in [0.29, 0.717) is 5.69 Å². The van der Waals surface area contributed by atoms with Gasteiger partial charge >= 0.3 is 6.03 Å². The topological polar surface area (TPSA) is 111 Å². The standard InChI is InChI=1S/C19H21N3O4/c1-11-7-8-14(18(20)24)16(9-11)26-10-17(23)22-19(25)21-15-6-4-5-12(2)13(15)3/h4-9H,10H2,1-3H3,(H2,20,24)(H2,21,22,23,25). The molecule has 0 aliphatic rings. The molecule has 4 amide bonds. The average molecular weight is 355 g/mol. The maximum Gasteiger partial charge on any atom is 0.325 e. The highest BCUT2D eigenvalue weighted by Crippen LogP contribution is 2.20. The average Bonchev–Trinajstić information content (AvgIpc) is 2.57. The first-order valence-corrected chi connectivity index (χ1v) is 7.98. The van der Waals surface area contributed by atoms with Crippen molar-refractivity contribution in [3.05, 3.63) is 58.7 Å². The van der Waals surface area contributed by atoms with Crippen LogP contribution in [-0.4, -0.2) is 24.5 Å². The molecule has 26 heavy (non-hydrogen) atoms. The maximum absolute atomic E-state index is 12.0. The molecule has 136 valence electrons. The molecule has 4 N–H and O–H groups in total. The normalized spacial score (nSPS) is 10.1. The first-order valence-electron chi connectivity index (χ1n) is 7.98. The van der Waals surface area contributed by atoms with Gasteiger partial charge in [0, 0.05) is 5.69 Å². The van der Waals surface area contributed by atoms with Crippen LogP contribution in [0.4, 0.5) is 10.5 Å². The number of primary amides is 1. The highest BCUT2D eigenvalue weighted by molar-refractivity contribution is 6.02. The zero-order chi connectivity index (χ0) is 19.3. The zero-order valence-corrected chi connectivity index (χ0v) is 14.9. The number of hydrogen-bond donors (Lipinski definition) is 3. The van der Waals surface area contributed by atoms with Crippen LogP contribution in [0, 0.1) is 20.8 Å². The molecule has 2 aromatic carbocycles. The van der Waals surface area contributed by atoms with E-state index in [4.69, 9.17) is 10.5 Å². The molecular formula is C19H21N3O4. The molecule has 0 fully saturated rings. The summed E-state index contributed by atoms with van der Waals surface area (Å²) in [6, 6.07) is 9.66. The number of carbonyl (C=O) groups excluding carboxylic acids is 3. The Morgan fingerprint density at radius 3 is 2.50 bits per heavy atom. The minimum Gasteiger partial charge on any atom is -0.483 e. The summed E-state index contributed by atoms with van der Waals surface area (Å²) in [5.41, 5.74) is 8.85. The zero-order valence-electron chi connectivity index (χ0n) is 14.9. The number of hydrogen-bond acceptors (Lipinski definition) is 4. The van der Waals surface area contributed by atoms with Crippen LogP contribution in [0.5, 0.6) is 5.75 Å². The van der Waals surface area contributed by atoms with Crippen molar-refractivity contribution in [2.45, 2.75) is 20.8 Å².